The van der Waals surface area contributed by atoms with Crippen LogP contribution in [0.3, 0.4) is 0 Å². The normalized spacial score (nSPS) is 39.8. The Morgan fingerprint density at radius 2 is 1.47 bits per heavy atom. The average Bonchev–Trinajstić information content (AvgIpc) is 3.01. The van der Waals surface area contributed by atoms with Gasteiger partial charge in [0.15, 0.2) is 16.6 Å². The average molecular weight is 531 g/mol. The summed E-state index contributed by atoms with van der Waals surface area (Å²) in [5.41, 5.74) is 3.70. The topological polar surface area (TPSA) is 18.5 Å². The molecule has 0 radical (unpaired) electrons. The minimum absolute atomic E-state index is 0.136. The number of hydrogen-bond donors (Lipinski definition) is 0. The first-order valence-electron chi connectivity index (χ1n) is 15.0. The highest BCUT2D eigenvalue weighted by Crippen LogP contribution is 2.66. The van der Waals surface area contributed by atoms with Crippen molar-refractivity contribution < 1.29 is 8.85 Å². The van der Waals surface area contributed by atoms with E-state index in [0.29, 0.717) is 5.41 Å². The summed E-state index contributed by atoms with van der Waals surface area (Å²) in [6.45, 7) is 33.8. The van der Waals surface area contributed by atoms with Gasteiger partial charge in [-0.15, -0.1) is 0 Å². The quantitative estimate of drug-likeness (QED) is 0.266. The van der Waals surface area contributed by atoms with Crippen LogP contribution >= 0.6 is 0 Å². The first-order chi connectivity index (χ1) is 16.2. The Bertz CT molecular complexity index is 904. The molecule has 0 spiro atoms. The first-order valence-corrected chi connectivity index (χ1v) is 20.8. The second-order valence-electron chi connectivity index (χ2n) is 16.5. The highest BCUT2D eigenvalue weighted by Gasteiger charge is 2.61. The molecule has 0 bridgehead atoms. The Balaban J connectivity index is 1.72. The minimum atomic E-state index is -1.93. The molecule has 0 aromatic rings. The van der Waals surface area contributed by atoms with Gasteiger partial charge in [0.1, 0.15) is 0 Å². The Labute approximate surface area is 226 Å². The summed E-state index contributed by atoms with van der Waals surface area (Å²) in [7, 11) is -3.78. The van der Waals surface area contributed by atoms with Crippen molar-refractivity contribution in [3.8, 4) is 0 Å². The number of rotatable bonds is 4. The Morgan fingerprint density at radius 1 is 0.889 bits per heavy atom. The van der Waals surface area contributed by atoms with Gasteiger partial charge in [0.25, 0.3) is 0 Å². The number of fused-ring (bicyclic) bond motifs is 5. The third kappa shape index (κ3) is 4.52. The zero-order chi connectivity index (χ0) is 27.1. The van der Waals surface area contributed by atoms with E-state index >= 15 is 0 Å². The molecular weight excluding hydrogens is 473 g/mol. The van der Waals surface area contributed by atoms with Crippen LogP contribution in [0, 0.1) is 28.6 Å². The molecule has 0 aromatic heterocycles. The summed E-state index contributed by atoms with van der Waals surface area (Å²) in [5.74, 6) is 2.30. The maximum Gasteiger partial charge on any atom is 0.192 e. The lowest BCUT2D eigenvalue weighted by molar-refractivity contribution is -0.0881. The van der Waals surface area contributed by atoms with Crippen molar-refractivity contribution in [2.24, 2.45) is 28.6 Å². The van der Waals surface area contributed by atoms with Crippen molar-refractivity contribution in [1.29, 1.82) is 0 Å². The van der Waals surface area contributed by atoms with Crippen LogP contribution in [-0.4, -0.2) is 28.8 Å². The van der Waals surface area contributed by atoms with E-state index < -0.39 is 16.6 Å². The van der Waals surface area contributed by atoms with Gasteiger partial charge in [0.05, 0.1) is 12.2 Å². The molecule has 3 fully saturated rings. The third-order valence-electron chi connectivity index (χ3n) is 12.6. The van der Waals surface area contributed by atoms with Crippen molar-refractivity contribution in [3.63, 3.8) is 0 Å². The Hall–Kier alpha value is -0.166. The van der Waals surface area contributed by atoms with Gasteiger partial charge in [-0.25, -0.2) is 0 Å². The molecule has 3 saturated carbocycles. The van der Waals surface area contributed by atoms with Gasteiger partial charge in [-0.1, -0.05) is 79.2 Å². The lowest BCUT2D eigenvalue weighted by Crippen LogP contribution is -2.59. The van der Waals surface area contributed by atoms with Gasteiger partial charge in [-0.2, -0.15) is 0 Å². The predicted molar refractivity (Wildman–Crippen MR) is 160 cm³/mol. The molecule has 4 heteroatoms. The summed E-state index contributed by atoms with van der Waals surface area (Å²) in [4.78, 5) is 0. The Kier molecular flexibility index (Phi) is 7.15. The van der Waals surface area contributed by atoms with Crippen LogP contribution < -0.4 is 0 Å². The van der Waals surface area contributed by atoms with Crippen molar-refractivity contribution >= 4 is 16.6 Å². The Morgan fingerprint density at radius 3 is 2.06 bits per heavy atom. The molecule has 0 amide bonds. The SMILES string of the molecule is C=C1CC[C@H]2[C@@H]3CC=C4C[C@@H](O[Si](C)(C)C(C)(C)C)C[C@H](O[Si](C)(C)C(C)(C)C)[C@]4(C)[C@H]3CC[C@]12C. The predicted octanol–water partition coefficient (Wildman–Crippen LogP) is 9.90. The molecule has 0 unspecified atom stereocenters. The molecule has 206 valence electrons. The third-order valence-corrected chi connectivity index (χ3v) is 21.6. The molecule has 4 rings (SSSR count). The van der Waals surface area contributed by atoms with Crippen LogP contribution in [0.5, 0.6) is 0 Å². The smallest absolute Gasteiger partial charge is 0.192 e. The zero-order valence-electron chi connectivity index (χ0n) is 25.9. The first kappa shape index (κ1) is 28.8. The summed E-state index contributed by atoms with van der Waals surface area (Å²) < 4.78 is 14.6. The summed E-state index contributed by atoms with van der Waals surface area (Å²) in [6, 6.07) is 0. The van der Waals surface area contributed by atoms with Crippen LogP contribution in [0.1, 0.15) is 100 Å². The van der Waals surface area contributed by atoms with Crippen LogP contribution in [0.25, 0.3) is 0 Å². The van der Waals surface area contributed by atoms with Crippen molar-refractivity contribution in [3.05, 3.63) is 23.8 Å². The monoisotopic (exact) mass is 530 g/mol. The van der Waals surface area contributed by atoms with E-state index in [1.807, 2.05) is 0 Å². The van der Waals surface area contributed by atoms with E-state index in [-0.39, 0.29) is 27.7 Å². The molecule has 36 heavy (non-hydrogen) atoms. The van der Waals surface area contributed by atoms with Gasteiger partial charge >= 0.3 is 0 Å². The van der Waals surface area contributed by atoms with E-state index in [9.17, 15) is 0 Å². The summed E-state index contributed by atoms with van der Waals surface area (Å²) >= 11 is 0. The van der Waals surface area contributed by atoms with E-state index in [1.165, 1.54) is 37.7 Å². The molecule has 7 atom stereocenters. The molecule has 2 nitrogen and oxygen atoms in total. The number of hydrogen-bond acceptors (Lipinski definition) is 2. The maximum absolute atomic E-state index is 7.47. The van der Waals surface area contributed by atoms with Crippen molar-refractivity contribution in [2.75, 3.05) is 0 Å². The van der Waals surface area contributed by atoms with Crippen LogP contribution in [-0.2, 0) is 8.85 Å². The lowest BCUT2D eigenvalue weighted by atomic mass is 9.47. The second-order valence-corrected chi connectivity index (χ2v) is 26.0. The molecule has 4 aliphatic rings. The summed E-state index contributed by atoms with van der Waals surface area (Å²) in [5, 5.41) is 0.442. The fourth-order valence-corrected chi connectivity index (χ4v) is 10.7. The molecule has 0 N–H and O–H groups in total. The maximum atomic E-state index is 7.47. The second kappa shape index (κ2) is 8.93. The van der Waals surface area contributed by atoms with E-state index in [4.69, 9.17) is 8.85 Å². The summed E-state index contributed by atoms with van der Waals surface area (Å²) in [6.07, 6.45) is 11.9. The van der Waals surface area contributed by atoms with Crippen LogP contribution in [0.4, 0.5) is 0 Å². The molecular formula is C32H58O2Si2. The fourth-order valence-electron chi connectivity index (χ4n) is 7.95. The highest BCUT2D eigenvalue weighted by molar-refractivity contribution is 6.74. The number of allylic oxidation sites excluding steroid dienone is 2. The van der Waals surface area contributed by atoms with E-state index in [1.54, 1.807) is 5.57 Å². The molecule has 0 saturated heterocycles. The zero-order valence-corrected chi connectivity index (χ0v) is 27.9. The minimum Gasteiger partial charge on any atom is -0.414 e. The largest absolute Gasteiger partial charge is 0.414 e. The molecule has 0 aromatic carbocycles. The van der Waals surface area contributed by atoms with E-state index in [2.05, 4.69) is 94.2 Å². The van der Waals surface area contributed by atoms with Crippen LogP contribution in [0.15, 0.2) is 23.8 Å². The standard InChI is InChI=1S/C32H58O2Si2/c1-22-14-17-26-25-16-15-23-20-24(33-35(10,11)29(2,3)4)21-28(34-36(12,13)30(5,6)7)32(23,9)27(25)18-19-31(22,26)8/h15,24-28H,1,14,16-21H2,2-13H3/t24-,25+,26+,27+,28+,31-,32+/m1/s1. The van der Waals surface area contributed by atoms with Gasteiger partial charge < -0.3 is 8.85 Å². The van der Waals surface area contributed by atoms with Gasteiger partial charge in [0, 0.05) is 5.41 Å². The van der Waals surface area contributed by atoms with E-state index in [0.717, 1.165) is 30.6 Å². The van der Waals surface area contributed by atoms with Crippen molar-refractivity contribution in [2.45, 2.75) is 149 Å². The van der Waals surface area contributed by atoms with Crippen molar-refractivity contribution in [1.82, 2.24) is 0 Å². The fraction of sp³-hybridized carbons (Fsp3) is 0.875. The van der Waals surface area contributed by atoms with Crippen LogP contribution in [0.2, 0.25) is 36.3 Å². The van der Waals surface area contributed by atoms with Gasteiger partial charge in [0.2, 0.25) is 0 Å². The van der Waals surface area contributed by atoms with Gasteiger partial charge in [-0.05, 0) is 104 Å². The molecule has 0 heterocycles. The highest BCUT2D eigenvalue weighted by atomic mass is 28.4. The lowest BCUT2D eigenvalue weighted by Gasteiger charge is -2.61. The van der Waals surface area contributed by atoms with Gasteiger partial charge in [-0.3, -0.25) is 0 Å². The molecule has 4 aliphatic carbocycles. The molecule has 0 aliphatic heterocycles.